The van der Waals surface area contributed by atoms with Crippen LogP contribution in [-0.4, -0.2) is 33.4 Å². The van der Waals surface area contributed by atoms with Crippen molar-refractivity contribution in [2.45, 2.75) is 19.3 Å². The molecule has 0 radical (unpaired) electrons. The van der Waals surface area contributed by atoms with Crippen LogP contribution in [0.15, 0.2) is 30.3 Å². The van der Waals surface area contributed by atoms with Gasteiger partial charge in [-0.05, 0) is 44.5 Å². The van der Waals surface area contributed by atoms with E-state index in [-0.39, 0.29) is 0 Å². The summed E-state index contributed by atoms with van der Waals surface area (Å²) >= 11 is 0. The van der Waals surface area contributed by atoms with E-state index in [1.54, 1.807) is 7.11 Å². The minimum Gasteiger partial charge on any atom is -0.494 e. The molecule has 0 heterocycles. The molecule has 0 fully saturated rings. The summed E-state index contributed by atoms with van der Waals surface area (Å²) in [6.07, 6.45) is 3.32. The lowest BCUT2D eigenvalue weighted by Crippen LogP contribution is -2.18. The van der Waals surface area contributed by atoms with Crippen molar-refractivity contribution in [3.05, 3.63) is 30.3 Å². The summed E-state index contributed by atoms with van der Waals surface area (Å²) in [5.41, 5.74) is 0. The highest BCUT2D eigenvalue weighted by atomic mass is 16.5. The van der Waals surface area contributed by atoms with Crippen LogP contribution in [0, 0.1) is 0 Å². The minimum absolute atomic E-state index is 0.795. The minimum atomic E-state index is 0.795. The molecular formula is C14H23NO2. The molecular weight excluding hydrogens is 214 g/mol. The van der Waals surface area contributed by atoms with Gasteiger partial charge in [0.1, 0.15) is 5.75 Å². The van der Waals surface area contributed by atoms with Crippen LogP contribution in [-0.2, 0) is 4.74 Å². The van der Waals surface area contributed by atoms with Gasteiger partial charge >= 0.3 is 0 Å². The average molecular weight is 237 g/mol. The monoisotopic (exact) mass is 237 g/mol. The summed E-state index contributed by atoms with van der Waals surface area (Å²) < 4.78 is 10.6. The molecule has 3 heteroatoms. The molecule has 0 spiro atoms. The number of benzene rings is 1. The Morgan fingerprint density at radius 2 is 1.71 bits per heavy atom. The Morgan fingerprint density at radius 3 is 2.47 bits per heavy atom. The van der Waals surface area contributed by atoms with Gasteiger partial charge in [0.15, 0.2) is 0 Å². The van der Waals surface area contributed by atoms with Crippen LogP contribution in [0.3, 0.4) is 0 Å². The number of methoxy groups -OCH3 is 1. The molecule has 0 saturated heterocycles. The molecule has 0 aromatic heterocycles. The van der Waals surface area contributed by atoms with E-state index in [2.05, 4.69) is 5.32 Å². The third kappa shape index (κ3) is 7.77. The van der Waals surface area contributed by atoms with E-state index >= 15 is 0 Å². The molecule has 96 valence electrons. The number of unbranched alkanes of at least 4 members (excludes halogenated alkanes) is 1. The molecule has 0 unspecified atom stereocenters. The fourth-order valence-electron chi connectivity index (χ4n) is 1.53. The van der Waals surface area contributed by atoms with E-state index in [0.29, 0.717) is 0 Å². The summed E-state index contributed by atoms with van der Waals surface area (Å²) in [5.74, 6) is 0.959. The molecule has 0 aliphatic heterocycles. The first-order valence-electron chi connectivity index (χ1n) is 6.31. The van der Waals surface area contributed by atoms with Crippen LogP contribution < -0.4 is 10.1 Å². The zero-order valence-electron chi connectivity index (χ0n) is 10.7. The van der Waals surface area contributed by atoms with Gasteiger partial charge in [-0.15, -0.1) is 0 Å². The van der Waals surface area contributed by atoms with Crippen molar-refractivity contribution in [1.29, 1.82) is 0 Å². The first-order chi connectivity index (χ1) is 8.43. The maximum absolute atomic E-state index is 5.60. The van der Waals surface area contributed by atoms with Gasteiger partial charge < -0.3 is 14.8 Å². The van der Waals surface area contributed by atoms with Gasteiger partial charge in [-0.3, -0.25) is 0 Å². The van der Waals surface area contributed by atoms with E-state index in [9.17, 15) is 0 Å². The standard InChI is InChI=1S/C14H23NO2/c1-16-12-7-11-15-10-5-6-13-17-14-8-3-2-4-9-14/h2-4,8-9,15H,5-7,10-13H2,1H3. The van der Waals surface area contributed by atoms with Crippen molar-refractivity contribution in [1.82, 2.24) is 5.32 Å². The van der Waals surface area contributed by atoms with Crippen molar-refractivity contribution < 1.29 is 9.47 Å². The summed E-state index contributed by atoms with van der Waals surface area (Å²) in [6, 6.07) is 9.96. The number of hydrogen-bond acceptors (Lipinski definition) is 3. The predicted octanol–water partition coefficient (Wildman–Crippen LogP) is 2.47. The fraction of sp³-hybridized carbons (Fsp3) is 0.571. The number of nitrogens with one attached hydrogen (secondary N) is 1. The molecule has 1 rings (SSSR count). The van der Waals surface area contributed by atoms with Gasteiger partial charge in [0, 0.05) is 13.7 Å². The van der Waals surface area contributed by atoms with Crippen LogP contribution >= 0.6 is 0 Å². The molecule has 1 N–H and O–H groups in total. The van der Waals surface area contributed by atoms with Crippen molar-refractivity contribution in [2.24, 2.45) is 0 Å². The lowest BCUT2D eigenvalue weighted by Gasteiger charge is -2.06. The Labute approximate surface area is 104 Å². The number of para-hydroxylation sites is 1. The average Bonchev–Trinajstić information content (AvgIpc) is 2.38. The Morgan fingerprint density at radius 1 is 0.941 bits per heavy atom. The molecule has 0 amide bonds. The summed E-state index contributed by atoms with van der Waals surface area (Å²) in [7, 11) is 1.74. The Kier molecular flexibility index (Phi) is 8.33. The molecule has 3 nitrogen and oxygen atoms in total. The molecule has 17 heavy (non-hydrogen) atoms. The third-order valence-electron chi connectivity index (χ3n) is 2.46. The summed E-state index contributed by atoms with van der Waals surface area (Å²) in [4.78, 5) is 0. The predicted molar refractivity (Wildman–Crippen MR) is 70.5 cm³/mol. The van der Waals surface area contributed by atoms with Crippen LogP contribution in [0.4, 0.5) is 0 Å². The number of rotatable bonds is 10. The lowest BCUT2D eigenvalue weighted by molar-refractivity contribution is 0.194. The largest absolute Gasteiger partial charge is 0.494 e. The zero-order chi connectivity index (χ0) is 12.2. The molecule has 0 atom stereocenters. The second-order valence-electron chi connectivity index (χ2n) is 3.96. The van der Waals surface area contributed by atoms with Crippen molar-refractivity contribution in [3.8, 4) is 5.75 Å². The third-order valence-corrected chi connectivity index (χ3v) is 2.46. The zero-order valence-corrected chi connectivity index (χ0v) is 10.7. The highest BCUT2D eigenvalue weighted by Gasteiger charge is 1.92. The Bertz CT molecular complexity index is 264. The number of ether oxygens (including phenoxy) is 2. The van der Waals surface area contributed by atoms with Gasteiger partial charge in [0.2, 0.25) is 0 Å². The van der Waals surface area contributed by atoms with Crippen LogP contribution in [0.25, 0.3) is 0 Å². The molecule has 0 bridgehead atoms. The van der Waals surface area contributed by atoms with Gasteiger partial charge in [0.05, 0.1) is 6.61 Å². The van der Waals surface area contributed by atoms with Gasteiger partial charge in [-0.2, -0.15) is 0 Å². The summed E-state index contributed by atoms with van der Waals surface area (Å²) in [6.45, 7) is 3.73. The SMILES string of the molecule is COCCCNCCCCOc1ccccc1. The highest BCUT2D eigenvalue weighted by Crippen LogP contribution is 2.08. The second-order valence-corrected chi connectivity index (χ2v) is 3.96. The van der Waals surface area contributed by atoms with Crippen molar-refractivity contribution in [2.75, 3.05) is 33.4 Å². The second kappa shape index (κ2) is 10.1. The van der Waals surface area contributed by atoms with E-state index in [0.717, 1.165) is 51.3 Å². The van der Waals surface area contributed by atoms with E-state index in [4.69, 9.17) is 9.47 Å². The van der Waals surface area contributed by atoms with Gasteiger partial charge in [-0.1, -0.05) is 18.2 Å². The maximum atomic E-state index is 5.60. The Hall–Kier alpha value is -1.06. The smallest absolute Gasteiger partial charge is 0.119 e. The van der Waals surface area contributed by atoms with Crippen LogP contribution in [0.2, 0.25) is 0 Å². The van der Waals surface area contributed by atoms with Crippen LogP contribution in [0.1, 0.15) is 19.3 Å². The number of hydrogen-bond donors (Lipinski definition) is 1. The molecule has 0 aliphatic rings. The topological polar surface area (TPSA) is 30.5 Å². The normalized spacial score (nSPS) is 10.4. The molecule has 1 aromatic carbocycles. The first-order valence-corrected chi connectivity index (χ1v) is 6.31. The summed E-state index contributed by atoms with van der Waals surface area (Å²) in [5, 5.41) is 3.38. The lowest BCUT2D eigenvalue weighted by atomic mass is 10.3. The molecule has 1 aromatic rings. The maximum Gasteiger partial charge on any atom is 0.119 e. The molecule has 0 aliphatic carbocycles. The van der Waals surface area contributed by atoms with Gasteiger partial charge in [0.25, 0.3) is 0 Å². The van der Waals surface area contributed by atoms with Gasteiger partial charge in [-0.25, -0.2) is 0 Å². The fourth-order valence-corrected chi connectivity index (χ4v) is 1.53. The Balaban J connectivity index is 1.85. The van der Waals surface area contributed by atoms with Crippen molar-refractivity contribution in [3.63, 3.8) is 0 Å². The first kappa shape index (κ1) is 14.0. The van der Waals surface area contributed by atoms with E-state index in [1.165, 1.54) is 0 Å². The van der Waals surface area contributed by atoms with E-state index in [1.807, 2.05) is 30.3 Å². The quantitative estimate of drug-likeness (QED) is 0.634. The molecule has 0 saturated carbocycles. The van der Waals surface area contributed by atoms with Crippen molar-refractivity contribution >= 4 is 0 Å². The highest BCUT2D eigenvalue weighted by molar-refractivity contribution is 5.20. The van der Waals surface area contributed by atoms with Crippen LogP contribution in [0.5, 0.6) is 5.75 Å². The van der Waals surface area contributed by atoms with E-state index < -0.39 is 0 Å².